The van der Waals surface area contributed by atoms with E-state index in [1.807, 2.05) is 0 Å². The molecule has 1 heterocycles. The van der Waals surface area contributed by atoms with Crippen LogP contribution in [-0.4, -0.2) is 13.2 Å². The predicted octanol–water partition coefficient (Wildman–Crippen LogP) is 3.88. The second kappa shape index (κ2) is 5.34. The van der Waals surface area contributed by atoms with Crippen LogP contribution < -0.4 is 0 Å². The number of unbranched alkanes of at least 4 members (excludes halogenated alkanes) is 1. The minimum atomic E-state index is 0.813. The summed E-state index contributed by atoms with van der Waals surface area (Å²) in [4.78, 5) is 0. The first-order valence-corrected chi connectivity index (χ1v) is 6.90. The summed E-state index contributed by atoms with van der Waals surface area (Å²) in [5, 5.41) is 0. The van der Waals surface area contributed by atoms with Gasteiger partial charge in [-0.25, -0.2) is 0 Å². The minimum absolute atomic E-state index is 0.813. The van der Waals surface area contributed by atoms with Gasteiger partial charge < -0.3 is 4.74 Å². The Hall–Kier alpha value is -0.0400. The van der Waals surface area contributed by atoms with E-state index >= 15 is 0 Å². The number of fused-ring (bicyclic) bond motifs is 1. The van der Waals surface area contributed by atoms with E-state index in [4.69, 9.17) is 4.74 Å². The van der Waals surface area contributed by atoms with E-state index in [-0.39, 0.29) is 0 Å². The average Bonchev–Trinajstić information content (AvgIpc) is 2.27. The zero-order valence-corrected chi connectivity index (χ0v) is 10.4. The second-order valence-corrected chi connectivity index (χ2v) is 5.68. The van der Waals surface area contributed by atoms with Gasteiger partial charge in [0.1, 0.15) is 0 Å². The van der Waals surface area contributed by atoms with Crippen LogP contribution >= 0.6 is 0 Å². The number of ether oxygens (including phenoxy) is 1. The lowest BCUT2D eigenvalue weighted by Gasteiger charge is -2.44. The van der Waals surface area contributed by atoms with Crippen molar-refractivity contribution in [1.29, 1.82) is 0 Å². The van der Waals surface area contributed by atoms with E-state index in [2.05, 4.69) is 13.8 Å². The Morgan fingerprint density at radius 2 is 2.00 bits per heavy atom. The molecule has 1 heteroatoms. The van der Waals surface area contributed by atoms with Gasteiger partial charge in [0.25, 0.3) is 0 Å². The van der Waals surface area contributed by atoms with Crippen molar-refractivity contribution in [1.82, 2.24) is 0 Å². The van der Waals surface area contributed by atoms with Gasteiger partial charge in [-0.1, -0.05) is 46.0 Å². The third-order valence-electron chi connectivity index (χ3n) is 4.62. The van der Waals surface area contributed by atoms with Crippen molar-refractivity contribution < 1.29 is 4.74 Å². The molecular weight excluding hydrogens is 184 g/mol. The number of hydrogen-bond donors (Lipinski definition) is 0. The standard InChI is InChI=1S/C14H26O/c1-3-4-6-12-7-5-8-13-11(2)9-15-10-14(12)13/h11-14H,3-10H2,1-2H3. The maximum absolute atomic E-state index is 5.76. The summed E-state index contributed by atoms with van der Waals surface area (Å²) in [7, 11) is 0. The second-order valence-electron chi connectivity index (χ2n) is 5.68. The zero-order chi connectivity index (χ0) is 10.7. The first-order chi connectivity index (χ1) is 7.33. The fourth-order valence-corrected chi connectivity index (χ4v) is 3.70. The van der Waals surface area contributed by atoms with Crippen LogP contribution in [0, 0.1) is 23.7 Å². The first kappa shape index (κ1) is 11.4. The first-order valence-electron chi connectivity index (χ1n) is 6.90. The highest BCUT2D eigenvalue weighted by molar-refractivity contribution is 4.87. The average molecular weight is 210 g/mol. The smallest absolute Gasteiger partial charge is 0.0499 e. The lowest BCUT2D eigenvalue weighted by Crippen LogP contribution is -2.41. The van der Waals surface area contributed by atoms with Gasteiger partial charge in [-0.15, -0.1) is 0 Å². The largest absolute Gasteiger partial charge is 0.381 e. The maximum Gasteiger partial charge on any atom is 0.0499 e. The van der Waals surface area contributed by atoms with E-state index in [0.29, 0.717) is 0 Å². The van der Waals surface area contributed by atoms with Gasteiger partial charge in [0.05, 0.1) is 0 Å². The van der Waals surface area contributed by atoms with Crippen molar-refractivity contribution in [2.45, 2.75) is 52.4 Å². The van der Waals surface area contributed by atoms with Crippen molar-refractivity contribution in [2.75, 3.05) is 13.2 Å². The fraction of sp³-hybridized carbons (Fsp3) is 1.00. The van der Waals surface area contributed by atoms with Gasteiger partial charge >= 0.3 is 0 Å². The van der Waals surface area contributed by atoms with Crippen LogP contribution in [0.5, 0.6) is 0 Å². The summed E-state index contributed by atoms with van der Waals surface area (Å²) in [5.74, 6) is 3.67. The zero-order valence-electron chi connectivity index (χ0n) is 10.4. The Balaban J connectivity index is 1.94. The Morgan fingerprint density at radius 3 is 2.80 bits per heavy atom. The number of hydrogen-bond acceptors (Lipinski definition) is 1. The summed E-state index contributed by atoms with van der Waals surface area (Å²) in [6, 6.07) is 0. The summed E-state index contributed by atoms with van der Waals surface area (Å²) in [5.41, 5.74) is 0. The van der Waals surface area contributed by atoms with E-state index in [1.165, 1.54) is 38.5 Å². The monoisotopic (exact) mass is 210 g/mol. The van der Waals surface area contributed by atoms with Crippen molar-refractivity contribution in [3.8, 4) is 0 Å². The molecule has 4 atom stereocenters. The molecule has 15 heavy (non-hydrogen) atoms. The lowest BCUT2D eigenvalue weighted by atomic mass is 9.65. The van der Waals surface area contributed by atoms with Gasteiger partial charge in [0, 0.05) is 13.2 Å². The van der Waals surface area contributed by atoms with Crippen molar-refractivity contribution in [2.24, 2.45) is 23.7 Å². The Morgan fingerprint density at radius 1 is 1.13 bits per heavy atom. The van der Waals surface area contributed by atoms with Crippen LogP contribution in [-0.2, 0) is 4.74 Å². The predicted molar refractivity (Wildman–Crippen MR) is 63.8 cm³/mol. The molecule has 0 bridgehead atoms. The van der Waals surface area contributed by atoms with Gasteiger partial charge in [-0.2, -0.15) is 0 Å². The van der Waals surface area contributed by atoms with Gasteiger partial charge in [0.15, 0.2) is 0 Å². The van der Waals surface area contributed by atoms with E-state index < -0.39 is 0 Å². The molecule has 1 saturated carbocycles. The summed E-state index contributed by atoms with van der Waals surface area (Å²) >= 11 is 0. The Bertz CT molecular complexity index is 190. The van der Waals surface area contributed by atoms with E-state index in [9.17, 15) is 0 Å². The molecule has 2 fully saturated rings. The normalized spacial score (nSPS) is 41.2. The lowest BCUT2D eigenvalue weighted by molar-refractivity contribution is -0.0655. The molecule has 1 nitrogen and oxygen atoms in total. The van der Waals surface area contributed by atoms with E-state index in [0.717, 1.165) is 36.9 Å². The van der Waals surface area contributed by atoms with Crippen molar-refractivity contribution in [3.63, 3.8) is 0 Å². The molecule has 2 aliphatic rings. The molecule has 0 aromatic heterocycles. The third-order valence-corrected chi connectivity index (χ3v) is 4.62. The summed E-state index contributed by atoms with van der Waals surface area (Å²) in [6.45, 7) is 6.77. The summed E-state index contributed by atoms with van der Waals surface area (Å²) in [6.07, 6.45) is 8.63. The third kappa shape index (κ3) is 2.55. The molecule has 2 rings (SSSR count). The highest BCUT2D eigenvalue weighted by atomic mass is 16.5. The SMILES string of the molecule is CCCCC1CCCC2C(C)COCC12. The van der Waals surface area contributed by atoms with Crippen molar-refractivity contribution in [3.05, 3.63) is 0 Å². The van der Waals surface area contributed by atoms with Crippen LogP contribution in [0.4, 0.5) is 0 Å². The molecule has 0 spiro atoms. The van der Waals surface area contributed by atoms with Gasteiger partial charge in [-0.05, 0) is 30.1 Å². The molecule has 88 valence electrons. The summed E-state index contributed by atoms with van der Waals surface area (Å²) < 4.78 is 5.76. The van der Waals surface area contributed by atoms with Gasteiger partial charge in [-0.3, -0.25) is 0 Å². The van der Waals surface area contributed by atoms with Crippen LogP contribution in [0.1, 0.15) is 52.4 Å². The Kier molecular flexibility index (Phi) is 4.07. The van der Waals surface area contributed by atoms with Gasteiger partial charge in [0.2, 0.25) is 0 Å². The maximum atomic E-state index is 5.76. The van der Waals surface area contributed by atoms with Crippen LogP contribution in [0.2, 0.25) is 0 Å². The van der Waals surface area contributed by atoms with Crippen LogP contribution in [0.25, 0.3) is 0 Å². The molecule has 4 unspecified atom stereocenters. The van der Waals surface area contributed by atoms with Crippen LogP contribution in [0.15, 0.2) is 0 Å². The van der Waals surface area contributed by atoms with E-state index in [1.54, 1.807) is 0 Å². The highest BCUT2D eigenvalue weighted by Gasteiger charge is 2.38. The molecule has 1 saturated heterocycles. The topological polar surface area (TPSA) is 9.23 Å². The molecule has 0 radical (unpaired) electrons. The molecule has 1 aliphatic carbocycles. The quantitative estimate of drug-likeness (QED) is 0.687. The molecule has 0 aromatic carbocycles. The molecule has 0 aromatic rings. The van der Waals surface area contributed by atoms with Crippen LogP contribution in [0.3, 0.4) is 0 Å². The highest BCUT2D eigenvalue weighted by Crippen LogP contribution is 2.43. The minimum Gasteiger partial charge on any atom is -0.381 e. The molecule has 1 aliphatic heterocycles. The number of rotatable bonds is 3. The molecule has 0 amide bonds. The van der Waals surface area contributed by atoms with Crippen molar-refractivity contribution >= 4 is 0 Å². The Labute approximate surface area is 94.6 Å². The molecule has 0 N–H and O–H groups in total. The fourth-order valence-electron chi connectivity index (χ4n) is 3.70. The molecular formula is C14H26O.